The second-order valence-electron chi connectivity index (χ2n) is 4.80. The third-order valence-electron chi connectivity index (χ3n) is 2.90. The van der Waals surface area contributed by atoms with Crippen molar-refractivity contribution >= 4 is 29.1 Å². The maximum Gasteiger partial charge on any atom is 0.254 e. The molecule has 2 aromatic rings. The van der Waals surface area contributed by atoms with E-state index in [4.69, 9.17) is 9.15 Å². The molecule has 0 bridgehead atoms. The Balaban J connectivity index is 1.85. The molecule has 0 atom stereocenters. The van der Waals surface area contributed by atoms with Crippen molar-refractivity contribution in [3.8, 4) is 0 Å². The van der Waals surface area contributed by atoms with E-state index in [1.165, 1.54) is 25.7 Å². The number of hydrogen-bond acceptors (Lipinski definition) is 5. The van der Waals surface area contributed by atoms with Crippen LogP contribution in [0.2, 0.25) is 0 Å². The van der Waals surface area contributed by atoms with Crippen molar-refractivity contribution < 1.29 is 23.5 Å². The summed E-state index contributed by atoms with van der Waals surface area (Å²) >= 11 is 0. The van der Waals surface area contributed by atoms with E-state index in [2.05, 4.69) is 16.0 Å². The SMILES string of the molecule is COCC(=O)Nc1cccc(NC(=O)CNC(=O)c2ccoc2)c1. The molecule has 3 N–H and O–H groups in total. The average molecular weight is 331 g/mol. The largest absolute Gasteiger partial charge is 0.472 e. The first kappa shape index (κ1) is 17.2. The molecule has 0 saturated carbocycles. The van der Waals surface area contributed by atoms with E-state index < -0.39 is 11.8 Å². The van der Waals surface area contributed by atoms with Crippen molar-refractivity contribution in [3.63, 3.8) is 0 Å². The Hall–Kier alpha value is -3.13. The Labute approximate surface area is 138 Å². The number of methoxy groups -OCH3 is 1. The lowest BCUT2D eigenvalue weighted by Gasteiger charge is -2.09. The van der Waals surface area contributed by atoms with Gasteiger partial charge in [0.1, 0.15) is 12.9 Å². The lowest BCUT2D eigenvalue weighted by molar-refractivity contribution is -0.119. The van der Waals surface area contributed by atoms with Crippen molar-refractivity contribution in [2.24, 2.45) is 0 Å². The van der Waals surface area contributed by atoms with E-state index in [9.17, 15) is 14.4 Å². The van der Waals surface area contributed by atoms with Crippen LogP contribution >= 0.6 is 0 Å². The Bertz CT molecular complexity index is 712. The van der Waals surface area contributed by atoms with Crippen molar-refractivity contribution in [3.05, 3.63) is 48.4 Å². The first-order valence-electron chi connectivity index (χ1n) is 7.07. The maximum absolute atomic E-state index is 11.9. The molecule has 0 aliphatic rings. The van der Waals surface area contributed by atoms with Gasteiger partial charge in [-0.3, -0.25) is 14.4 Å². The fraction of sp³-hybridized carbons (Fsp3) is 0.188. The second kappa shape index (κ2) is 8.49. The molecule has 8 nitrogen and oxygen atoms in total. The van der Waals surface area contributed by atoms with Gasteiger partial charge in [-0.15, -0.1) is 0 Å². The minimum Gasteiger partial charge on any atom is -0.472 e. The van der Waals surface area contributed by atoms with Gasteiger partial charge >= 0.3 is 0 Å². The molecule has 8 heteroatoms. The lowest BCUT2D eigenvalue weighted by atomic mass is 10.2. The molecule has 3 amide bonds. The highest BCUT2D eigenvalue weighted by Crippen LogP contribution is 2.14. The Morgan fingerprint density at radius 1 is 1.08 bits per heavy atom. The quantitative estimate of drug-likeness (QED) is 0.707. The van der Waals surface area contributed by atoms with E-state index in [-0.39, 0.29) is 19.1 Å². The van der Waals surface area contributed by atoms with Gasteiger partial charge in [-0.1, -0.05) is 6.07 Å². The number of furan rings is 1. The fourth-order valence-electron chi connectivity index (χ4n) is 1.86. The van der Waals surface area contributed by atoms with Crippen LogP contribution in [-0.4, -0.2) is 38.0 Å². The maximum atomic E-state index is 11.9. The molecular formula is C16H17N3O5. The van der Waals surface area contributed by atoms with E-state index in [1.54, 1.807) is 24.3 Å². The number of amides is 3. The summed E-state index contributed by atoms with van der Waals surface area (Å²) in [5.74, 6) is -1.10. The monoisotopic (exact) mass is 331 g/mol. The van der Waals surface area contributed by atoms with Gasteiger partial charge in [0.25, 0.3) is 5.91 Å². The van der Waals surface area contributed by atoms with Gasteiger partial charge < -0.3 is 25.1 Å². The molecular weight excluding hydrogens is 314 g/mol. The zero-order valence-corrected chi connectivity index (χ0v) is 13.0. The first-order valence-corrected chi connectivity index (χ1v) is 7.07. The van der Waals surface area contributed by atoms with Crippen LogP contribution in [0.15, 0.2) is 47.3 Å². The third kappa shape index (κ3) is 5.25. The molecule has 0 aliphatic carbocycles. The molecule has 0 aliphatic heterocycles. The lowest BCUT2D eigenvalue weighted by Crippen LogP contribution is -2.32. The number of hydrogen-bond donors (Lipinski definition) is 3. The smallest absolute Gasteiger partial charge is 0.254 e. The summed E-state index contributed by atoms with van der Waals surface area (Å²) in [4.78, 5) is 35.0. The molecule has 0 spiro atoms. The van der Waals surface area contributed by atoms with Crippen LogP contribution in [0.4, 0.5) is 11.4 Å². The van der Waals surface area contributed by atoms with Gasteiger partial charge in [0.15, 0.2) is 0 Å². The molecule has 24 heavy (non-hydrogen) atoms. The summed E-state index contributed by atoms with van der Waals surface area (Å²) in [5, 5.41) is 7.73. The predicted molar refractivity (Wildman–Crippen MR) is 86.6 cm³/mol. The standard InChI is InChI=1S/C16H17N3O5/c1-23-10-15(21)19-13-4-2-3-12(7-13)18-14(20)8-17-16(22)11-5-6-24-9-11/h2-7,9H,8,10H2,1H3,(H,17,22)(H,18,20)(H,19,21). The van der Waals surface area contributed by atoms with Crippen LogP contribution < -0.4 is 16.0 Å². The molecule has 1 heterocycles. The topological polar surface area (TPSA) is 110 Å². The molecule has 0 saturated heterocycles. The molecule has 0 radical (unpaired) electrons. The Kier molecular flexibility index (Phi) is 6.09. The summed E-state index contributed by atoms with van der Waals surface area (Å²) in [5.41, 5.74) is 1.36. The molecule has 2 rings (SSSR count). The van der Waals surface area contributed by atoms with E-state index in [0.29, 0.717) is 16.9 Å². The van der Waals surface area contributed by atoms with E-state index in [0.717, 1.165) is 0 Å². The second-order valence-corrected chi connectivity index (χ2v) is 4.80. The van der Waals surface area contributed by atoms with Crippen LogP contribution in [-0.2, 0) is 14.3 Å². The van der Waals surface area contributed by atoms with E-state index >= 15 is 0 Å². The van der Waals surface area contributed by atoms with E-state index in [1.807, 2.05) is 0 Å². The Morgan fingerprint density at radius 2 is 1.79 bits per heavy atom. The molecule has 1 aromatic heterocycles. The number of nitrogens with one attached hydrogen (secondary N) is 3. The number of carbonyl (C=O) groups is 3. The highest BCUT2D eigenvalue weighted by atomic mass is 16.5. The number of anilines is 2. The van der Waals surface area contributed by atoms with Gasteiger partial charge in [0, 0.05) is 18.5 Å². The van der Waals surface area contributed by atoms with Crippen molar-refractivity contribution in [2.75, 3.05) is 30.9 Å². The van der Waals surface area contributed by atoms with Crippen LogP contribution in [0.1, 0.15) is 10.4 Å². The van der Waals surface area contributed by atoms with Crippen LogP contribution in [0.3, 0.4) is 0 Å². The van der Waals surface area contributed by atoms with Gasteiger partial charge in [-0.25, -0.2) is 0 Å². The van der Waals surface area contributed by atoms with Gasteiger partial charge in [-0.05, 0) is 24.3 Å². The zero-order chi connectivity index (χ0) is 17.4. The van der Waals surface area contributed by atoms with Gasteiger partial charge in [0.05, 0.1) is 18.4 Å². The highest BCUT2D eigenvalue weighted by Gasteiger charge is 2.09. The van der Waals surface area contributed by atoms with Crippen molar-refractivity contribution in [1.29, 1.82) is 0 Å². The first-order chi connectivity index (χ1) is 11.6. The third-order valence-corrected chi connectivity index (χ3v) is 2.90. The normalized spacial score (nSPS) is 10.0. The molecule has 0 unspecified atom stereocenters. The van der Waals surface area contributed by atoms with Crippen LogP contribution in [0, 0.1) is 0 Å². The summed E-state index contributed by atoms with van der Waals surface area (Å²) in [6.45, 7) is -0.249. The van der Waals surface area contributed by atoms with Gasteiger partial charge in [0.2, 0.25) is 11.8 Å². The summed E-state index contributed by atoms with van der Waals surface area (Å²) in [7, 11) is 1.42. The molecule has 1 aromatic carbocycles. The van der Waals surface area contributed by atoms with Crippen molar-refractivity contribution in [1.82, 2.24) is 5.32 Å². The van der Waals surface area contributed by atoms with Crippen LogP contribution in [0.25, 0.3) is 0 Å². The number of carbonyl (C=O) groups excluding carboxylic acids is 3. The van der Waals surface area contributed by atoms with Crippen LogP contribution in [0.5, 0.6) is 0 Å². The van der Waals surface area contributed by atoms with Crippen molar-refractivity contribution in [2.45, 2.75) is 0 Å². The summed E-state index contributed by atoms with van der Waals surface area (Å²) < 4.78 is 9.52. The number of benzene rings is 1. The predicted octanol–water partition coefficient (Wildman–Crippen LogP) is 1.23. The molecule has 0 fully saturated rings. The zero-order valence-electron chi connectivity index (χ0n) is 13.0. The summed E-state index contributed by atoms with van der Waals surface area (Å²) in [6, 6.07) is 8.14. The summed E-state index contributed by atoms with van der Waals surface area (Å²) in [6.07, 6.45) is 2.66. The van der Waals surface area contributed by atoms with Gasteiger partial charge in [-0.2, -0.15) is 0 Å². The minimum atomic E-state index is -0.403. The number of ether oxygens (including phenoxy) is 1. The minimum absolute atomic E-state index is 0.0589. The molecule has 126 valence electrons. The highest BCUT2D eigenvalue weighted by molar-refractivity contribution is 5.99. The Morgan fingerprint density at radius 3 is 2.42 bits per heavy atom. The fourth-order valence-corrected chi connectivity index (χ4v) is 1.86. The number of rotatable bonds is 7. The average Bonchev–Trinajstić information content (AvgIpc) is 3.07.